The molecule has 85 heavy (non-hydrogen) atoms. The topological polar surface area (TPSA) is 435 Å². The minimum absolute atomic E-state index is 0.0248. The Morgan fingerprint density at radius 2 is 1.16 bits per heavy atom. The van der Waals surface area contributed by atoms with Crippen molar-refractivity contribution >= 4 is 23.7 Å². The normalized spacial score (nSPS) is 37.5. The van der Waals surface area contributed by atoms with E-state index in [9.17, 15) is 80.5 Å². The molecule has 484 valence electrons. The lowest BCUT2D eigenvalue weighted by molar-refractivity contribution is -0.386. The van der Waals surface area contributed by atoms with Crippen LogP contribution in [0.15, 0.2) is 12.2 Å². The number of ether oxygens (including phenoxy) is 9. The highest BCUT2D eigenvalue weighted by atomic mass is 16.8. The maximum Gasteiger partial charge on any atom is 0.306 e. The van der Waals surface area contributed by atoms with Gasteiger partial charge >= 0.3 is 5.97 Å². The van der Waals surface area contributed by atoms with Crippen molar-refractivity contribution in [2.24, 2.45) is 0 Å². The summed E-state index contributed by atoms with van der Waals surface area (Å²) in [7, 11) is 0. The summed E-state index contributed by atoms with van der Waals surface area (Å²) in [6.45, 7) is 3.70. The fourth-order valence-electron chi connectivity index (χ4n) is 11.7. The van der Waals surface area contributed by atoms with E-state index in [0.717, 1.165) is 50.1 Å². The van der Waals surface area contributed by atoms with Crippen LogP contribution in [0.3, 0.4) is 0 Å². The quantitative estimate of drug-likeness (QED) is 0.0323. The van der Waals surface area contributed by atoms with Gasteiger partial charge < -0.3 is 115 Å². The lowest BCUT2D eigenvalue weighted by Crippen LogP contribution is -2.70. The lowest BCUT2D eigenvalue weighted by atomic mass is 9.85. The number of aromatic nitrogens is 1. The molecule has 29 heteroatoms. The van der Waals surface area contributed by atoms with Crippen molar-refractivity contribution in [2.75, 3.05) is 31.9 Å². The number of unbranched alkanes of at least 4 members (excludes halogenated alkanes) is 2. The van der Waals surface area contributed by atoms with Gasteiger partial charge in [0.25, 0.3) is 0 Å². The lowest BCUT2D eigenvalue weighted by Gasteiger charge is -2.50. The number of aromatic hydroxyl groups is 2. The van der Waals surface area contributed by atoms with Crippen molar-refractivity contribution in [1.82, 2.24) is 15.3 Å². The Labute approximate surface area is 492 Å². The van der Waals surface area contributed by atoms with Gasteiger partial charge in [0, 0.05) is 55.4 Å². The molecule has 1 aromatic heterocycles. The second kappa shape index (κ2) is 31.8. The molecular weight excluding hydrogens is 1130 g/mol. The first-order valence-electron chi connectivity index (χ1n) is 29.8. The zero-order valence-corrected chi connectivity index (χ0v) is 48.5. The van der Waals surface area contributed by atoms with E-state index in [-0.39, 0.29) is 55.9 Å². The smallest absolute Gasteiger partial charge is 0.306 e. The van der Waals surface area contributed by atoms with Crippen LogP contribution in [0, 0.1) is 0 Å². The predicted molar refractivity (Wildman–Crippen MR) is 291 cm³/mol. The number of rotatable bonds is 23. The molecule has 0 spiro atoms. The van der Waals surface area contributed by atoms with Crippen LogP contribution >= 0.6 is 0 Å². The van der Waals surface area contributed by atoms with E-state index in [1.165, 1.54) is 33.1 Å². The van der Waals surface area contributed by atoms with Crippen molar-refractivity contribution in [3.8, 4) is 11.8 Å². The SMILES string of the molecule is CC(=O)NC1C(OC2C(O)C(C)OC(OCCCCCC(=O)Nn3c(O)c4c(c3O)C(COC(=O)CCC(=O)NC3CCCCCCCCC3)C=CC4C)C2O)OC(CO)C(O)C1OC1OC(CO)C(O)C(O)C1OC1OC(C)C(O)C(O)C1O. The van der Waals surface area contributed by atoms with Crippen molar-refractivity contribution < 1.29 is 123 Å². The van der Waals surface area contributed by atoms with Gasteiger partial charge in [-0.25, -0.2) is 0 Å². The zero-order valence-electron chi connectivity index (χ0n) is 48.5. The van der Waals surface area contributed by atoms with E-state index in [0.29, 0.717) is 24.8 Å². The fourth-order valence-corrected chi connectivity index (χ4v) is 11.7. The number of nitrogens with one attached hydrogen (secondary N) is 3. The van der Waals surface area contributed by atoms with Crippen LogP contribution in [0.4, 0.5) is 0 Å². The van der Waals surface area contributed by atoms with Gasteiger partial charge in [0.2, 0.25) is 29.5 Å². The molecule has 7 rings (SSSR count). The molecule has 4 aliphatic heterocycles. The molecule has 1 aromatic rings. The summed E-state index contributed by atoms with van der Waals surface area (Å²) in [6.07, 6.45) is -17.5. The fraction of sp³-hybridized carbons (Fsp3) is 0.821. The Morgan fingerprint density at radius 3 is 1.84 bits per heavy atom. The van der Waals surface area contributed by atoms with Crippen molar-refractivity contribution in [1.29, 1.82) is 0 Å². The first-order chi connectivity index (χ1) is 40.5. The molecule has 5 fully saturated rings. The van der Waals surface area contributed by atoms with Gasteiger partial charge in [0.05, 0.1) is 31.8 Å². The van der Waals surface area contributed by atoms with Crippen LogP contribution in [-0.2, 0) is 61.8 Å². The number of hydrogen-bond donors (Lipinski definition) is 15. The average molecular weight is 1220 g/mol. The van der Waals surface area contributed by atoms with Gasteiger partial charge in [0.1, 0.15) is 92.0 Å². The summed E-state index contributed by atoms with van der Waals surface area (Å²) in [6, 6.07) is -1.52. The molecular formula is C56H90N4O25. The number of amides is 3. The zero-order chi connectivity index (χ0) is 61.8. The van der Waals surface area contributed by atoms with Gasteiger partial charge in [-0.2, -0.15) is 4.68 Å². The van der Waals surface area contributed by atoms with Crippen LogP contribution in [0.1, 0.15) is 147 Å². The molecule has 6 aliphatic rings. The molecule has 29 nitrogen and oxygen atoms in total. The second-order valence-corrected chi connectivity index (χ2v) is 23.1. The highest BCUT2D eigenvalue weighted by Gasteiger charge is 2.56. The monoisotopic (exact) mass is 1220 g/mol. The molecule has 22 atom stereocenters. The molecule has 2 aliphatic carbocycles. The summed E-state index contributed by atoms with van der Waals surface area (Å²) in [5, 5.41) is 137. The van der Waals surface area contributed by atoms with Crippen molar-refractivity contribution in [3.63, 3.8) is 0 Å². The maximum atomic E-state index is 13.2. The van der Waals surface area contributed by atoms with Gasteiger partial charge in [-0.05, 0) is 39.5 Å². The summed E-state index contributed by atoms with van der Waals surface area (Å²) in [5.41, 5.74) is 3.15. The molecule has 0 aromatic carbocycles. The summed E-state index contributed by atoms with van der Waals surface area (Å²) in [5.74, 6) is -3.97. The molecule has 3 amide bonds. The molecule has 15 N–H and O–H groups in total. The number of esters is 1. The van der Waals surface area contributed by atoms with Crippen LogP contribution in [-0.4, -0.2) is 245 Å². The van der Waals surface area contributed by atoms with Crippen LogP contribution in [0.2, 0.25) is 0 Å². The van der Waals surface area contributed by atoms with E-state index >= 15 is 0 Å². The van der Waals surface area contributed by atoms with Gasteiger partial charge in [0.15, 0.2) is 25.2 Å². The second-order valence-electron chi connectivity index (χ2n) is 23.1. The van der Waals surface area contributed by atoms with E-state index in [4.69, 9.17) is 42.6 Å². The number of aliphatic hydroxyl groups is 10. The number of nitrogens with zero attached hydrogens (tertiary/aromatic N) is 1. The summed E-state index contributed by atoms with van der Waals surface area (Å²) in [4.78, 5) is 51.6. The van der Waals surface area contributed by atoms with E-state index in [1.807, 2.05) is 0 Å². The first kappa shape index (κ1) is 68.3. The number of carbonyl (C=O) groups excluding carboxylic acids is 4. The van der Waals surface area contributed by atoms with E-state index < -0.39 is 171 Å². The summed E-state index contributed by atoms with van der Waals surface area (Å²) >= 11 is 0. The van der Waals surface area contributed by atoms with Gasteiger partial charge in [-0.1, -0.05) is 70.4 Å². The number of allylic oxidation sites excluding steroid dienone is 1. The number of carbonyl (C=O) groups is 4. The van der Waals surface area contributed by atoms with Gasteiger partial charge in [-0.15, -0.1) is 0 Å². The van der Waals surface area contributed by atoms with E-state index in [1.54, 1.807) is 19.1 Å². The Kier molecular flexibility index (Phi) is 25.5. The number of fused-ring (bicyclic) bond motifs is 1. The number of hydrogen-bond acceptors (Lipinski definition) is 25. The molecule has 4 saturated heterocycles. The van der Waals surface area contributed by atoms with Crippen molar-refractivity contribution in [2.45, 2.75) is 265 Å². The maximum absolute atomic E-state index is 13.2. The Morgan fingerprint density at radius 1 is 0.565 bits per heavy atom. The molecule has 0 bridgehead atoms. The number of aliphatic hydroxyl groups excluding tert-OH is 10. The molecule has 0 radical (unpaired) electrons. The third-order valence-electron chi connectivity index (χ3n) is 16.7. The minimum atomic E-state index is -1.97. The van der Waals surface area contributed by atoms with E-state index in [2.05, 4.69) is 16.1 Å². The largest absolute Gasteiger partial charge is 0.493 e. The van der Waals surface area contributed by atoms with Gasteiger partial charge in [-0.3, -0.25) is 24.6 Å². The Hall–Kier alpha value is -4.22. The van der Waals surface area contributed by atoms with Crippen molar-refractivity contribution in [3.05, 3.63) is 23.3 Å². The van der Waals surface area contributed by atoms with Crippen LogP contribution < -0.4 is 16.1 Å². The third-order valence-corrected chi connectivity index (χ3v) is 16.7. The molecule has 1 saturated carbocycles. The summed E-state index contributed by atoms with van der Waals surface area (Å²) < 4.78 is 53.4. The van der Waals surface area contributed by atoms with Crippen LogP contribution in [0.25, 0.3) is 0 Å². The minimum Gasteiger partial charge on any atom is -0.493 e. The predicted octanol–water partition coefficient (Wildman–Crippen LogP) is -1.89. The molecule has 22 unspecified atom stereocenters. The highest BCUT2D eigenvalue weighted by molar-refractivity contribution is 5.84. The van der Waals surface area contributed by atoms with Crippen LogP contribution in [0.5, 0.6) is 11.8 Å². The highest BCUT2D eigenvalue weighted by Crippen LogP contribution is 2.46. The standard InChI is InChI=1S/C56H90N4O25/c1-26-18-19-30(25-78-36(66)21-20-34(64)58-31-15-11-8-6-5-7-9-12-16-31)38-37(26)51(75)60(52(38)76)59-35(65)17-13-10-14-22-77-54-47(74)49(41(68)28(3)79-54)84-53-39(57-29(4)63)48(43(70)33(24-62)81-53)83-56-50(45(72)42(69)32(23-61)82-56)85-55-46(73)44(71)40(67)27(2)80-55/h18-19,26-28,30-33,39-50,53-56,61-62,67-76H,5-17,20-25H2,1-4H3,(H,57,63)(H,58,64)(H,59,65). The first-order valence-corrected chi connectivity index (χ1v) is 29.8. The Balaban J connectivity index is 0.906. The average Bonchev–Trinajstić information content (AvgIpc) is 2.28. The third kappa shape index (κ3) is 17.1. The molecule has 5 heterocycles. The Bertz CT molecular complexity index is 2340.